The van der Waals surface area contributed by atoms with Crippen LogP contribution in [0.5, 0.6) is 0 Å². The van der Waals surface area contributed by atoms with Crippen LogP contribution in [-0.4, -0.2) is 8.42 Å². The summed E-state index contributed by atoms with van der Waals surface area (Å²) < 4.78 is 28.2. The molecule has 3 N–H and O–H groups in total. The van der Waals surface area contributed by atoms with Crippen LogP contribution in [0.2, 0.25) is 0 Å². The smallest absolute Gasteiger partial charge is 0.271 e. The standard InChI is InChI=1S/C10H11BrN2O3S2/c11-9-3-2-8(17-9)6-13-5-7-1-4-10(16-7)18(12,14)15/h1-4,13H,5-6H2,(H2,12,14,15). The van der Waals surface area contributed by atoms with Gasteiger partial charge >= 0.3 is 0 Å². The van der Waals surface area contributed by atoms with Crippen LogP contribution in [0.1, 0.15) is 10.6 Å². The van der Waals surface area contributed by atoms with E-state index in [2.05, 4.69) is 21.2 Å². The highest BCUT2D eigenvalue weighted by Gasteiger charge is 2.12. The Labute approximate surface area is 117 Å². The molecule has 0 atom stereocenters. The Balaban J connectivity index is 1.89. The van der Waals surface area contributed by atoms with Gasteiger partial charge in [0.2, 0.25) is 5.09 Å². The molecule has 18 heavy (non-hydrogen) atoms. The van der Waals surface area contributed by atoms with Crippen molar-refractivity contribution in [2.24, 2.45) is 5.14 Å². The zero-order valence-corrected chi connectivity index (χ0v) is 12.4. The highest BCUT2D eigenvalue weighted by Crippen LogP contribution is 2.21. The molecule has 2 aromatic rings. The molecular weight excluding hydrogens is 340 g/mol. The summed E-state index contributed by atoms with van der Waals surface area (Å²) in [6.07, 6.45) is 0. The van der Waals surface area contributed by atoms with E-state index in [1.54, 1.807) is 17.4 Å². The van der Waals surface area contributed by atoms with Crippen molar-refractivity contribution in [2.75, 3.05) is 0 Å². The molecule has 0 fully saturated rings. The first-order chi connectivity index (χ1) is 8.45. The van der Waals surface area contributed by atoms with Crippen molar-refractivity contribution in [3.8, 4) is 0 Å². The summed E-state index contributed by atoms with van der Waals surface area (Å²) in [6, 6.07) is 6.94. The molecule has 0 spiro atoms. The second-order valence-corrected chi connectivity index (χ2v) is 7.62. The van der Waals surface area contributed by atoms with Crippen molar-refractivity contribution in [3.63, 3.8) is 0 Å². The number of hydrogen-bond acceptors (Lipinski definition) is 5. The van der Waals surface area contributed by atoms with E-state index >= 15 is 0 Å². The monoisotopic (exact) mass is 350 g/mol. The third-order valence-electron chi connectivity index (χ3n) is 2.14. The van der Waals surface area contributed by atoms with Crippen LogP contribution in [0.3, 0.4) is 0 Å². The van der Waals surface area contributed by atoms with Gasteiger partial charge in [0, 0.05) is 11.4 Å². The molecule has 0 amide bonds. The minimum absolute atomic E-state index is 0.210. The first-order valence-electron chi connectivity index (χ1n) is 5.01. The molecule has 0 unspecified atom stereocenters. The van der Waals surface area contributed by atoms with Gasteiger partial charge in [-0.25, -0.2) is 13.6 Å². The Bertz CT molecular complexity index is 633. The number of nitrogens with one attached hydrogen (secondary N) is 1. The number of rotatable bonds is 5. The number of halogens is 1. The normalized spacial score (nSPS) is 11.9. The second-order valence-electron chi connectivity index (χ2n) is 3.58. The van der Waals surface area contributed by atoms with E-state index in [1.165, 1.54) is 10.9 Å². The number of furan rings is 1. The highest BCUT2D eigenvalue weighted by molar-refractivity contribution is 9.11. The average molecular weight is 351 g/mol. The van der Waals surface area contributed by atoms with Gasteiger partial charge in [-0.2, -0.15) is 0 Å². The molecule has 0 aromatic carbocycles. The lowest BCUT2D eigenvalue weighted by atomic mass is 10.4. The highest BCUT2D eigenvalue weighted by atomic mass is 79.9. The summed E-state index contributed by atoms with van der Waals surface area (Å²) in [5, 5.41) is 7.89. The molecule has 0 saturated carbocycles. The SMILES string of the molecule is NS(=O)(=O)c1ccc(CNCc2ccc(Br)s2)o1. The molecule has 0 saturated heterocycles. The fourth-order valence-corrected chi connectivity index (χ4v) is 3.30. The fourth-order valence-electron chi connectivity index (χ4n) is 1.36. The first kappa shape index (κ1) is 13.8. The lowest BCUT2D eigenvalue weighted by molar-refractivity contribution is 0.402. The lowest BCUT2D eigenvalue weighted by Crippen LogP contribution is -2.12. The van der Waals surface area contributed by atoms with E-state index in [4.69, 9.17) is 9.56 Å². The summed E-state index contributed by atoms with van der Waals surface area (Å²) in [7, 11) is -3.75. The van der Waals surface area contributed by atoms with Crippen molar-refractivity contribution in [1.82, 2.24) is 5.32 Å². The summed E-state index contributed by atoms with van der Waals surface area (Å²) in [4.78, 5) is 1.18. The Morgan fingerprint density at radius 2 is 2.06 bits per heavy atom. The van der Waals surface area contributed by atoms with E-state index in [9.17, 15) is 8.42 Å². The largest absolute Gasteiger partial charge is 0.447 e. The molecule has 0 radical (unpaired) electrons. The number of thiophene rings is 1. The molecule has 0 aliphatic rings. The molecule has 5 nitrogen and oxygen atoms in total. The Morgan fingerprint density at radius 1 is 1.28 bits per heavy atom. The molecular formula is C10H11BrN2O3S2. The second kappa shape index (κ2) is 5.54. The quantitative estimate of drug-likeness (QED) is 0.863. The van der Waals surface area contributed by atoms with Crippen molar-refractivity contribution in [1.29, 1.82) is 0 Å². The van der Waals surface area contributed by atoms with Gasteiger partial charge in [0.25, 0.3) is 10.0 Å². The van der Waals surface area contributed by atoms with E-state index in [-0.39, 0.29) is 5.09 Å². The van der Waals surface area contributed by atoms with Gasteiger partial charge in [-0.15, -0.1) is 11.3 Å². The maximum absolute atomic E-state index is 11.0. The van der Waals surface area contributed by atoms with E-state index < -0.39 is 10.0 Å². The molecule has 98 valence electrons. The topological polar surface area (TPSA) is 85.3 Å². The number of primary sulfonamides is 1. The van der Waals surface area contributed by atoms with Crippen LogP contribution in [0.4, 0.5) is 0 Å². The first-order valence-corrected chi connectivity index (χ1v) is 8.17. The summed E-state index contributed by atoms with van der Waals surface area (Å²) in [6.45, 7) is 1.15. The summed E-state index contributed by atoms with van der Waals surface area (Å²) in [5.74, 6) is 0.537. The maximum Gasteiger partial charge on any atom is 0.271 e. The molecule has 0 aliphatic carbocycles. The predicted octanol–water partition coefficient (Wildman–Crippen LogP) is 2.04. The molecule has 0 bridgehead atoms. The van der Waals surface area contributed by atoms with Gasteiger partial charge in [0.05, 0.1) is 10.3 Å². The Morgan fingerprint density at radius 3 is 2.61 bits per heavy atom. The van der Waals surface area contributed by atoms with Crippen LogP contribution in [0.25, 0.3) is 0 Å². The average Bonchev–Trinajstić information content (AvgIpc) is 2.87. The molecule has 2 heterocycles. The van der Waals surface area contributed by atoms with Crippen LogP contribution < -0.4 is 10.5 Å². The Kier molecular flexibility index (Phi) is 4.23. The summed E-state index contributed by atoms with van der Waals surface area (Å²) in [5.41, 5.74) is 0. The van der Waals surface area contributed by atoms with E-state index in [0.29, 0.717) is 18.8 Å². The van der Waals surface area contributed by atoms with Crippen LogP contribution in [-0.2, 0) is 23.1 Å². The van der Waals surface area contributed by atoms with E-state index in [1.807, 2.05) is 12.1 Å². The predicted molar refractivity (Wildman–Crippen MR) is 72.6 cm³/mol. The number of nitrogens with two attached hydrogens (primary N) is 1. The molecule has 8 heteroatoms. The van der Waals surface area contributed by atoms with Crippen molar-refractivity contribution in [2.45, 2.75) is 18.2 Å². The van der Waals surface area contributed by atoms with Crippen molar-refractivity contribution in [3.05, 3.63) is 38.7 Å². The minimum Gasteiger partial charge on any atom is -0.447 e. The zero-order chi connectivity index (χ0) is 13.2. The van der Waals surface area contributed by atoms with Crippen molar-refractivity contribution < 1.29 is 12.8 Å². The lowest BCUT2D eigenvalue weighted by Gasteiger charge is -1.99. The molecule has 2 rings (SSSR count). The number of hydrogen-bond donors (Lipinski definition) is 2. The van der Waals surface area contributed by atoms with Gasteiger partial charge in [-0.05, 0) is 40.2 Å². The third kappa shape index (κ3) is 3.66. The van der Waals surface area contributed by atoms with Gasteiger partial charge in [-0.1, -0.05) is 0 Å². The zero-order valence-electron chi connectivity index (χ0n) is 9.22. The van der Waals surface area contributed by atoms with Crippen LogP contribution in [0.15, 0.2) is 37.6 Å². The Hall–Kier alpha value is -0.670. The van der Waals surface area contributed by atoms with Crippen molar-refractivity contribution >= 4 is 37.3 Å². The van der Waals surface area contributed by atoms with Gasteiger partial charge in [0.15, 0.2) is 0 Å². The van der Waals surface area contributed by atoms with Crippen LogP contribution in [0, 0.1) is 0 Å². The van der Waals surface area contributed by atoms with Crippen LogP contribution >= 0.6 is 27.3 Å². The van der Waals surface area contributed by atoms with Gasteiger partial charge in [-0.3, -0.25) is 0 Å². The van der Waals surface area contributed by atoms with Gasteiger partial charge in [0.1, 0.15) is 5.76 Å². The van der Waals surface area contributed by atoms with Gasteiger partial charge < -0.3 is 9.73 Å². The fraction of sp³-hybridized carbons (Fsp3) is 0.200. The minimum atomic E-state index is -3.75. The molecule has 2 aromatic heterocycles. The summed E-state index contributed by atoms with van der Waals surface area (Å²) >= 11 is 5.03. The number of sulfonamides is 1. The maximum atomic E-state index is 11.0. The molecule has 0 aliphatic heterocycles. The van der Waals surface area contributed by atoms with E-state index in [0.717, 1.165) is 3.79 Å². The third-order valence-corrected chi connectivity index (χ3v) is 4.55.